The second-order valence-corrected chi connectivity index (χ2v) is 5.32. The number of rotatable bonds is 4. The topological polar surface area (TPSA) is 104 Å². The molecule has 8 nitrogen and oxygen atoms in total. The summed E-state index contributed by atoms with van der Waals surface area (Å²) in [4.78, 5) is 25.0. The van der Waals surface area contributed by atoms with Gasteiger partial charge in [-0.3, -0.25) is 4.79 Å². The van der Waals surface area contributed by atoms with E-state index in [0.717, 1.165) is 0 Å². The summed E-state index contributed by atoms with van der Waals surface area (Å²) in [6.07, 6.45) is -0.237. The fourth-order valence-corrected chi connectivity index (χ4v) is 2.38. The molecule has 0 radical (unpaired) electrons. The van der Waals surface area contributed by atoms with E-state index in [1.165, 1.54) is 20.1 Å². The van der Waals surface area contributed by atoms with Gasteiger partial charge in [0.1, 0.15) is 11.8 Å². The van der Waals surface area contributed by atoms with Crippen molar-refractivity contribution in [1.29, 1.82) is 5.26 Å². The molecule has 0 bridgehead atoms. The molecule has 128 valence electrons. The van der Waals surface area contributed by atoms with Gasteiger partial charge in [0.15, 0.2) is 0 Å². The molecule has 24 heavy (non-hydrogen) atoms. The molecule has 2 N–H and O–H groups in total. The molecule has 0 aromatic heterocycles. The zero-order valence-electron chi connectivity index (χ0n) is 13.7. The third-order valence-electron chi connectivity index (χ3n) is 3.65. The van der Waals surface area contributed by atoms with E-state index in [9.17, 15) is 9.59 Å². The van der Waals surface area contributed by atoms with Crippen molar-refractivity contribution in [3.05, 3.63) is 23.8 Å². The molecule has 1 aromatic carbocycles. The molecule has 0 spiro atoms. The zero-order valence-corrected chi connectivity index (χ0v) is 13.7. The van der Waals surface area contributed by atoms with Crippen LogP contribution in [0.5, 0.6) is 5.75 Å². The van der Waals surface area contributed by atoms with Crippen molar-refractivity contribution in [2.24, 2.45) is 0 Å². The first-order valence-corrected chi connectivity index (χ1v) is 7.53. The Morgan fingerprint density at radius 1 is 1.50 bits per heavy atom. The lowest BCUT2D eigenvalue weighted by Crippen LogP contribution is -2.49. The average molecular weight is 332 g/mol. The van der Waals surface area contributed by atoms with Gasteiger partial charge in [-0.05, 0) is 18.2 Å². The lowest BCUT2D eigenvalue weighted by Gasteiger charge is -2.32. The number of morpholine rings is 1. The van der Waals surface area contributed by atoms with Crippen LogP contribution in [0, 0.1) is 11.3 Å². The number of anilines is 1. The highest BCUT2D eigenvalue weighted by molar-refractivity contribution is 5.89. The van der Waals surface area contributed by atoms with Crippen molar-refractivity contribution < 1.29 is 19.1 Å². The van der Waals surface area contributed by atoms with Crippen molar-refractivity contribution >= 4 is 17.6 Å². The van der Waals surface area contributed by atoms with Gasteiger partial charge in [-0.15, -0.1) is 0 Å². The summed E-state index contributed by atoms with van der Waals surface area (Å²) in [5, 5.41) is 14.4. The summed E-state index contributed by atoms with van der Waals surface area (Å²) in [5.74, 6) is 0.443. The van der Waals surface area contributed by atoms with Crippen LogP contribution in [-0.4, -0.2) is 56.3 Å². The van der Waals surface area contributed by atoms with Gasteiger partial charge >= 0.3 is 6.03 Å². The van der Waals surface area contributed by atoms with Crippen molar-refractivity contribution in [3.8, 4) is 11.8 Å². The maximum absolute atomic E-state index is 12.0. The van der Waals surface area contributed by atoms with E-state index in [0.29, 0.717) is 36.7 Å². The number of nitrogens with zero attached hydrogens (tertiary/aromatic N) is 2. The van der Waals surface area contributed by atoms with Crippen LogP contribution in [0.2, 0.25) is 0 Å². The second-order valence-electron chi connectivity index (χ2n) is 5.32. The minimum absolute atomic E-state index is 0.00461. The molecule has 1 aliphatic rings. The minimum Gasteiger partial charge on any atom is -0.495 e. The lowest BCUT2D eigenvalue weighted by atomic mass is 10.2. The van der Waals surface area contributed by atoms with E-state index in [1.807, 2.05) is 6.07 Å². The molecule has 8 heteroatoms. The van der Waals surface area contributed by atoms with E-state index in [4.69, 9.17) is 14.7 Å². The van der Waals surface area contributed by atoms with Gasteiger partial charge in [0.05, 0.1) is 25.4 Å². The molecule has 1 fully saturated rings. The van der Waals surface area contributed by atoms with Crippen molar-refractivity contribution in [2.45, 2.75) is 13.0 Å². The molecule has 1 unspecified atom stereocenters. The number of ether oxygens (including phenoxy) is 2. The monoisotopic (exact) mass is 332 g/mol. The van der Waals surface area contributed by atoms with Crippen molar-refractivity contribution in [2.75, 3.05) is 38.7 Å². The Labute approximate surface area is 140 Å². The molecule has 1 saturated heterocycles. The van der Waals surface area contributed by atoms with Gasteiger partial charge < -0.3 is 25.0 Å². The third kappa shape index (κ3) is 4.60. The predicted molar refractivity (Wildman–Crippen MR) is 86.7 cm³/mol. The molecule has 3 amide bonds. The minimum atomic E-state index is -0.410. The number of carbonyl (C=O) groups is 2. The number of urea groups is 1. The Morgan fingerprint density at radius 3 is 2.96 bits per heavy atom. The maximum Gasteiger partial charge on any atom is 0.319 e. The van der Waals surface area contributed by atoms with Crippen molar-refractivity contribution in [1.82, 2.24) is 10.2 Å². The number of carbonyl (C=O) groups excluding carboxylic acids is 2. The van der Waals surface area contributed by atoms with Crippen LogP contribution in [0.3, 0.4) is 0 Å². The van der Waals surface area contributed by atoms with E-state index in [-0.39, 0.29) is 18.6 Å². The first kappa shape index (κ1) is 17.6. The molecule has 1 aliphatic heterocycles. The van der Waals surface area contributed by atoms with Gasteiger partial charge in [-0.25, -0.2) is 4.79 Å². The van der Waals surface area contributed by atoms with Crippen LogP contribution >= 0.6 is 0 Å². The normalized spacial score (nSPS) is 16.9. The summed E-state index contributed by atoms with van der Waals surface area (Å²) in [6.45, 7) is 3.28. The standard InChI is InChI=1S/C16H20N4O4/c1-11(21)20-5-6-24-14(10-20)9-18-16(22)19-13-3-4-15(23-2)12(7-13)8-17/h3-4,7,14H,5-6,9-10H2,1-2H3,(H2,18,19,22). The fraction of sp³-hybridized carbons (Fsp3) is 0.438. The number of nitriles is 1. The van der Waals surface area contributed by atoms with Gasteiger partial charge in [0, 0.05) is 32.2 Å². The number of benzene rings is 1. The Hall–Kier alpha value is -2.79. The maximum atomic E-state index is 12.0. The third-order valence-corrected chi connectivity index (χ3v) is 3.65. The highest BCUT2D eigenvalue weighted by atomic mass is 16.5. The Kier molecular flexibility index (Phi) is 5.98. The molecule has 1 atom stereocenters. The fourth-order valence-electron chi connectivity index (χ4n) is 2.38. The Morgan fingerprint density at radius 2 is 2.29 bits per heavy atom. The molecule has 2 rings (SSSR count). The van der Waals surface area contributed by atoms with E-state index in [1.54, 1.807) is 17.0 Å². The largest absolute Gasteiger partial charge is 0.495 e. The summed E-state index contributed by atoms with van der Waals surface area (Å²) in [5.41, 5.74) is 0.822. The van der Waals surface area contributed by atoms with Crippen LogP contribution in [0.15, 0.2) is 18.2 Å². The predicted octanol–water partition coefficient (Wildman–Crippen LogP) is 0.936. The van der Waals surface area contributed by atoms with Crippen LogP contribution in [0.1, 0.15) is 12.5 Å². The van der Waals surface area contributed by atoms with Crippen LogP contribution in [-0.2, 0) is 9.53 Å². The van der Waals surface area contributed by atoms with E-state index < -0.39 is 6.03 Å². The van der Waals surface area contributed by atoms with Crippen LogP contribution < -0.4 is 15.4 Å². The summed E-state index contributed by atoms with van der Waals surface area (Å²) < 4.78 is 10.6. The first-order chi connectivity index (χ1) is 11.5. The number of methoxy groups -OCH3 is 1. The van der Waals surface area contributed by atoms with Crippen molar-refractivity contribution in [3.63, 3.8) is 0 Å². The molecule has 0 aliphatic carbocycles. The van der Waals surface area contributed by atoms with Gasteiger partial charge in [-0.1, -0.05) is 0 Å². The van der Waals surface area contributed by atoms with Crippen LogP contribution in [0.4, 0.5) is 10.5 Å². The SMILES string of the molecule is COc1ccc(NC(=O)NCC2CN(C(C)=O)CCO2)cc1C#N. The molecule has 1 heterocycles. The number of nitrogens with one attached hydrogen (secondary N) is 2. The molecular formula is C16H20N4O4. The first-order valence-electron chi connectivity index (χ1n) is 7.53. The van der Waals surface area contributed by atoms with E-state index >= 15 is 0 Å². The van der Waals surface area contributed by atoms with Gasteiger partial charge in [-0.2, -0.15) is 5.26 Å². The quantitative estimate of drug-likeness (QED) is 0.854. The smallest absolute Gasteiger partial charge is 0.319 e. The Balaban J connectivity index is 1.85. The average Bonchev–Trinajstić information content (AvgIpc) is 2.60. The summed E-state index contributed by atoms with van der Waals surface area (Å²) in [7, 11) is 1.48. The molecular weight excluding hydrogens is 312 g/mol. The highest BCUT2D eigenvalue weighted by Crippen LogP contribution is 2.21. The van der Waals surface area contributed by atoms with Crippen LogP contribution in [0.25, 0.3) is 0 Å². The highest BCUT2D eigenvalue weighted by Gasteiger charge is 2.22. The molecule has 0 saturated carbocycles. The van der Waals surface area contributed by atoms with Gasteiger partial charge in [0.25, 0.3) is 0 Å². The number of hydrogen-bond donors (Lipinski definition) is 2. The summed E-state index contributed by atoms with van der Waals surface area (Å²) >= 11 is 0. The van der Waals surface area contributed by atoms with E-state index in [2.05, 4.69) is 10.6 Å². The number of amides is 3. The second kappa shape index (κ2) is 8.17. The Bertz CT molecular complexity index is 656. The summed E-state index contributed by atoms with van der Waals surface area (Å²) in [6, 6.07) is 6.39. The molecule has 1 aromatic rings. The van der Waals surface area contributed by atoms with Gasteiger partial charge in [0.2, 0.25) is 5.91 Å². The lowest BCUT2D eigenvalue weighted by molar-refractivity contribution is -0.136. The number of hydrogen-bond acceptors (Lipinski definition) is 5. The zero-order chi connectivity index (χ0) is 17.5.